The standard InChI is InChI=1S/C8H10N2O2/c9-8(12)7(5-11)6-2-1-3-10-4-6/h1-4,7,11H,5H2,(H2,9,12). The van der Waals surface area contributed by atoms with E-state index in [0.29, 0.717) is 5.56 Å². The Morgan fingerprint density at radius 3 is 2.92 bits per heavy atom. The minimum absolute atomic E-state index is 0.277. The maximum absolute atomic E-state index is 10.8. The van der Waals surface area contributed by atoms with Crippen molar-refractivity contribution in [3.63, 3.8) is 0 Å². The highest BCUT2D eigenvalue weighted by atomic mass is 16.3. The Morgan fingerprint density at radius 2 is 2.50 bits per heavy atom. The number of nitrogens with two attached hydrogens (primary N) is 1. The third kappa shape index (κ3) is 1.79. The van der Waals surface area contributed by atoms with Gasteiger partial charge in [-0.3, -0.25) is 9.78 Å². The zero-order valence-corrected chi connectivity index (χ0v) is 6.47. The Kier molecular flexibility index (Phi) is 2.76. The number of nitrogens with zero attached hydrogens (tertiary/aromatic N) is 1. The molecular weight excluding hydrogens is 156 g/mol. The maximum Gasteiger partial charge on any atom is 0.227 e. The number of hydrogen-bond acceptors (Lipinski definition) is 3. The van der Waals surface area contributed by atoms with E-state index < -0.39 is 11.8 Å². The number of aliphatic hydroxyl groups excluding tert-OH is 1. The second kappa shape index (κ2) is 3.82. The molecule has 0 radical (unpaired) electrons. The van der Waals surface area contributed by atoms with Gasteiger partial charge in [-0.1, -0.05) is 6.07 Å². The summed E-state index contributed by atoms with van der Waals surface area (Å²) in [6.07, 6.45) is 3.12. The van der Waals surface area contributed by atoms with Gasteiger partial charge in [0.2, 0.25) is 5.91 Å². The Hall–Kier alpha value is -1.42. The Bertz CT molecular complexity index is 261. The fraction of sp³-hybridized carbons (Fsp3) is 0.250. The van der Waals surface area contributed by atoms with Crippen LogP contribution in [0.3, 0.4) is 0 Å². The van der Waals surface area contributed by atoms with Crippen LogP contribution in [0.2, 0.25) is 0 Å². The molecule has 4 nitrogen and oxygen atoms in total. The van der Waals surface area contributed by atoms with Crippen LogP contribution < -0.4 is 5.73 Å². The van der Waals surface area contributed by atoms with Crippen molar-refractivity contribution in [2.75, 3.05) is 6.61 Å². The lowest BCUT2D eigenvalue weighted by Crippen LogP contribution is -2.24. The molecule has 1 atom stereocenters. The summed E-state index contributed by atoms with van der Waals surface area (Å²) < 4.78 is 0. The molecule has 0 saturated carbocycles. The number of rotatable bonds is 3. The van der Waals surface area contributed by atoms with Gasteiger partial charge >= 0.3 is 0 Å². The smallest absolute Gasteiger partial charge is 0.227 e. The predicted molar refractivity (Wildman–Crippen MR) is 43.3 cm³/mol. The summed E-state index contributed by atoms with van der Waals surface area (Å²) >= 11 is 0. The second-order valence-corrected chi connectivity index (χ2v) is 2.42. The summed E-state index contributed by atoms with van der Waals surface area (Å²) in [4.78, 5) is 14.6. The van der Waals surface area contributed by atoms with Gasteiger partial charge in [-0.2, -0.15) is 0 Å². The Balaban J connectivity index is 2.88. The highest BCUT2D eigenvalue weighted by Crippen LogP contribution is 2.12. The second-order valence-electron chi connectivity index (χ2n) is 2.42. The quantitative estimate of drug-likeness (QED) is 0.644. The van der Waals surface area contributed by atoms with Gasteiger partial charge in [0.1, 0.15) is 0 Å². The van der Waals surface area contributed by atoms with Gasteiger partial charge in [0.15, 0.2) is 0 Å². The van der Waals surface area contributed by atoms with Crippen molar-refractivity contribution in [3.05, 3.63) is 30.1 Å². The number of amides is 1. The van der Waals surface area contributed by atoms with Crippen molar-refractivity contribution < 1.29 is 9.90 Å². The largest absolute Gasteiger partial charge is 0.395 e. The van der Waals surface area contributed by atoms with Gasteiger partial charge in [0, 0.05) is 12.4 Å². The minimum atomic E-state index is -0.640. The van der Waals surface area contributed by atoms with Gasteiger partial charge in [-0.05, 0) is 11.6 Å². The minimum Gasteiger partial charge on any atom is -0.395 e. The molecule has 1 heterocycles. The fourth-order valence-electron chi connectivity index (χ4n) is 0.942. The molecule has 0 aliphatic heterocycles. The summed E-state index contributed by atoms with van der Waals surface area (Å²) in [6, 6.07) is 3.40. The van der Waals surface area contributed by atoms with Gasteiger partial charge in [-0.15, -0.1) is 0 Å². The van der Waals surface area contributed by atoms with E-state index >= 15 is 0 Å². The lowest BCUT2D eigenvalue weighted by atomic mass is 10.0. The third-order valence-corrected chi connectivity index (χ3v) is 1.61. The molecule has 1 aromatic heterocycles. The average molecular weight is 166 g/mol. The molecule has 1 aromatic rings. The van der Waals surface area contributed by atoms with Gasteiger partial charge in [0.05, 0.1) is 12.5 Å². The number of carbonyl (C=O) groups is 1. The van der Waals surface area contributed by atoms with Crippen molar-refractivity contribution >= 4 is 5.91 Å². The lowest BCUT2D eigenvalue weighted by Gasteiger charge is -2.08. The summed E-state index contributed by atoms with van der Waals surface area (Å²) in [6.45, 7) is -0.277. The SMILES string of the molecule is NC(=O)C(CO)c1cccnc1. The first-order valence-electron chi connectivity index (χ1n) is 3.56. The molecule has 0 aromatic carbocycles. The Labute approximate surface area is 70.0 Å². The zero-order valence-electron chi connectivity index (χ0n) is 6.47. The van der Waals surface area contributed by atoms with Gasteiger partial charge in [0.25, 0.3) is 0 Å². The monoisotopic (exact) mass is 166 g/mol. The molecule has 64 valence electrons. The maximum atomic E-state index is 10.8. The third-order valence-electron chi connectivity index (χ3n) is 1.61. The molecule has 3 N–H and O–H groups in total. The van der Waals surface area contributed by atoms with E-state index in [4.69, 9.17) is 10.8 Å². The van der Waals surface area contributed by atoms with Crippen LogP contribution in [0, 0.1) is 0 Å². The molecule has 0 spiro atoms. The predicted octanol–water partition coefficient (Wildman–Crippen LogP) is -0.357. The van der Waals surface area contributed by atoms with Crippen LogP contribution in [0.25, 0.3) is 0 Å². The van der Waals surface area contributed by atoms with E-state index in [9.17, 15) is 4.79 Å². The van der Waals surface area contributed by atoms with E-state index in [1.807, 2.05) is 0 Å². The fourth-order valence-corrected chi connectivity index (χ4v) is 0.942. The topological polar surface area (TPSA) is 76.2 Å². The number of carbonyl (C=O) groups excluding carboxylic acids is 1. The van der Waals surface area contributed by atoms with Gasteiger partial charge < -0.3 is 10.8 Å². The van der Waals surface area contributed by atoms with Crippen molar-refractivity contribution in [2.45, 2.75) is 5.92 Å². The molecule has 0 saturated heterocycles. The van der Waals surface area contributed by atoms with Crippen molar-refractivity contribution in [1.29, 1.82) is 0 Å². The number of hydrogen-bond donors (Lipinski definition) is 2. The van der Waals surface area contributed by atoms with Crippen LogP contribution in [-0.4, -0.2) is 22.6 Å². The summed E-state index contributed by atoms with van der Waals surface area (Å²) in [7, 11) is 0. The van der Waals surface area contributed by atoms with E-state index in [1.165, 1.54) is 6.20 Å². The normalized spacial score (nSPS) is 12.4. The highest BCUT2D eigenvalue weighted by Gasteiger charge is 2.15. The highest BCUT2D eigenvalue weighted by molar-refractivity contribution is 5.81. The molecule has 1 unspecified atom stereocenters. The number of aromatic nitrogens is 1. The molecule has 0 fully saturated rings. The van der Waals surface area contributed by atoms with Crippen LogP contribution in [0.1, 0.15) is 11.5 Å². The number of aliphatic hydroxyl groups is 1. The summed E-state index contributed by atoms with van der Waals surface area (Å²) in [5.74, 6) is -1.18. The first-order valence-corrected chi connectivity index (χ1v) is 3.56. The van der Waals surface area contributed by atoms with E-state index in [1.54, 1.807) is 18.3 Å². The number of pyridine rings is 1. The first kappa shape index (κ1) is 8.67. The van der Waals surface area contributed by atoms with E-state index in [2.05, 4.69) is 4.98 Å². The molecule has 1 rings (SSSR count). The average Bonchev–Trinajstić information content (AvgIpc) is 2.07. The van der Waals surface area contributed by atoms with Crippen molar-refractivity contribution in [1.82, 2.24) is 4.98 Å². The molecule has 1 amide bonds. The molecule has 4 heteroatoms. The summed E-state index contributed by atoms with van der Waals surface area (Å²) in [5.41, 5.74) is 5.70. The van der Waals surface area contributed by atoms with E-state index in [-0.39, 0.29) is 6.61 Å². The molecule has 12 heavy (non-hydrogen) atoms. The van der Waals surface area contributed by atoms with Crippen molar-refractivity contribution in [2.24, 2.45) is 5.73 Å². The zero-order chi connectivity index (χ0) is 8.97. The Morgan fingerprint density at radius 1 is 1.75 bits per heavy atom. The van der Waals surface area contributed by atoms with Crippen LogP contribution in [0.5, 0.6) is 0 Å². The molecule has 0 bridgehead atoms. The van der Waals surface area contributed by atoms with Crippen LogP contribution in [-0.2, 0) is 4.79 Å². The van der Waals surface area contributed by atoms with Crippen LogP contribution in [0.4, 0.5) is 0 Å². The molecule has 0 aliphatic rings. The van der Waals surface area contributed by atoms with Crippen LogP contribution in [0.15, 0.2) is 24.5 Å². The molecular formula is C8H10N2O2. The molecule has 0 aliphatic carbocycles. The number of primary amides is 1. The first-order chi connectivity index (χ1) is 5.75. The lowest BCUT2D eigenvalue weighted by molar-refractivity contribution is -0.120. The van der Waals surface area contributed by atoms with Gasteiger partial charge in [-0.25, -0.2) is 0 Å². The van der Waals surface area contributed by atoms with Crippen molar-refractivity contribution in [3.8, 4) is 0 Å². The van der Waals surface area contributed by atoms with E-state index in [0.717, 1.165) is 0 Å². The van der Waals surface area contributed by atoms with Crippen LogP contribution >= 0.6 is 0 Å². The summed E-state index contributed by atoms with van der Waals surface area (Å²) in [5, 5.41) is 8.82.